The van der Waals surface area contributed by atoms with Gasteiger partial charge in [0.2, 0.25) is 47.3 Å². The zero-order valence-corrected chi connectivity index (χ0v) is 40.6. The summed E-state index contributed by atoms with van der Waals surface area (Å²) in [7, 11) is 0. The van der Waals surface area contributed by atoms with E-state index in [1.807, 2.05) is 75.5 Å². The van der Waals surface area contributed by atoms with Crippen LogP contribution in [0.5, 0.6) is 0 Å². The molecule has 0 aliphatic heterocycles. The molecular formula is C43H79N9O10S. The SMILES string of the molecule is CSCC[C@H](NC(=O)[C@H](CC(C)C)NC(=O)[C@H](CC(C)C)NC(=O)[C@H](C)NC(=O)[C@H](CC(C)C)NC(=O)[C@@H](N)CC(C)C)C(=O)N[C@@H](C)C(=O)NCC(=O)N[C@@H](CC(C)C)C(=O)O. The molecule has 0 heterocycles. The lowest BCUT2D eigenvalue weighted by molar-refractivity contribution is -0.142. The lowest BCUT2D eigenvalue weighted by Crippen LogP contribution is -2.60. The van der Waals surface area contributed by atoms with Crippen LogP contribution in [0.3, 0.4) is 0 Å². The number of nitrogens with one attached hydrogen (secondary N) is 8. The van der Waals surface area contributed by atoms with E-state index in [2.05, 4.69) is 42.5 Å². The highest BCUT2D eigenvalue weighted by Crippen LogP contribution is 2.12. The molecule has 362 valence electrons. The molecule has 0 radical (unpaired) electrons. The number of carboxylic acids is 1. The van der Waals surface area contributed by atoms with Crippen molar-refractivity contribution in [2.24, 2.45) is 35.3 Å². The molecule has 0 saturated carbocycles. The van der Waals surface area contributed by atoms with Gasteiger partial charge in [-0.1, -0.05) is 69.2 Å². The predicted molar refractivity (Wildman–Crippen MR) is 244 cm³/mol. The Balaban J connectivity index is 5.93. The van der Waals surface area contributed by atoms with Gasteiger partial charge >= 0.3 is 5.97 Å². The molecule has 8 amide bonds. The number of rotatable bonds is 30. The van der Waals surface area contributed by atoms with Gasteiger partial charge in [-0.2, -0.15) is 11.8 Å². The Morgan fingerprint density at radius 3 is 1.21 bits per heavy atom. The second kappa shape index (κ2) is 29.8. The standard InChI is InChI=1S/C43H79N9O10S/c1-22(2)16-29(44)38(56)51-31(17-23(3)4)40(58)47-28(12)37(55)50-32(18-24(5)6)42(60)52-33(19-25(7)8)41(59)49-30(14-15-63-13)39(57)46-27(11)36(54)45-21-35(53)48-34(43(61)62)20-26(9)10/h22-34H,14-21,44H2,1-13H3,(H,45,54)(H,46,57)(H,47,58)(H,48,53)(H,49,59)(H,50,55)(H,51,56)(H,52,60)(H,61,62)/t27-,28-,29-,30-,31-,32-,33-,34-/m0/s1. The van der Waals surface area contributed by atoms with E-state index in [-0.39, 0.29) is 55.3 Å². The number of carboxylic acid groups (broad SMARTS) is 1. The largest absolute Gasteiger partial charge is 0.480 e. The van der Waals surface area contributed by atoms with Crippen molar-refractivity contribution in [1.29, 1.82) is 0 Å². The maximum Gasteiger partial charge on any atom is 0.326 e. The van der Waals surface area contributed by atoms with E-state index in [1.54, 1.807) is 0 Å². The van der Waals surface area contributed by atoms with Crippen LogP contribution in [0.2, 0.25) is 0 Å². The van der Waals surface area contributed by atoms with E-state index in [0.29, 0.717) is 18.6 Å². The Morgan fingerprint density at radius 1 is 0.444 bits per heavy atom. The van der Waals surface area contributed by atoms with E-state index < -0.39 is 108 Å². The smallest absolute Gasteiger partial charge is 0.326 e. The topological polar surface area (TPSA) is 296 Å². The van der Waals surface area contributed by atoms with E-state index in [4.69, 9.17) is 5.73 Å². The number of hydrogen-bond donors (Lipinski definition) is 10. The van der Waals surface area contributed by atoms with Crippen molar-refractivity contribution >= 4 is 65.0 Å². The van der Waals surface area contributed by atoms with Crippen LogP contribution >= 0.6 is 11.8 Å². The van der Waals surface area contributed by atoms with E-state index >= 15 is 0 Å². The first-order valence-electron chi connectivity index (χ1n) is 22.0. The minimum absolute atomic E-state index is 0.00394. The van der Waals surface area contributed by atoms with Gasteiger partial charge in [0.15, 0.2) is 0 Å². The molecule has 8 atom stereocenters. The molecule has 0 aromatic rings. The summed E-state index contributed by atoms with van der Waals surface area (Å²) < 4.78 is 0. The number of carbonyl (C=O) groups is 9. The molecule has 0 bridgehead atoms. The Bertz CT molecular complexity index is 1530. The van der Waals surface area contributed by atoms with Crippen molar-refractivity contribution in [2.45, 2.75) is 170 Å². The maximum absolute atomic E-state index is 13.9. The maximum atomic E-state index is 13.9. The van der Waals surface area contributed by atoms with Gasteiger partial charge < -0.3 is 53.4 Å². The number of amides is 8. The Morgan fingerprint density at radius 2 is 0.794 bits per heavy atom. The summed E-state index contributed by atoms with van der Waals surface area (Å²) in [5.41, 5.74) is 6.05. The molecule has 0 fully saturated rings. The fourth-order valence-electron chi connectivity index (χ4n) is 6.37. The summed E-state index contributed by atoms with van der Waals surface area (Å²) in [5, 5.41) is 30.2. The summed E-state index contributed by atoms with van der Waals surface area (Å²) in [6.07, 6.45) is 3.27. The minimum atomic E-state index is -1.20. The molecule has 0 rings (SSSR count). The van der Waals surface area contributed by atoms with Gasteiger partial charge in [-0.05, 0) is 94.0 Å². The van der Waals surface area contributed by atoms with Gasteiger partial charge in [0, 0.05) is 0 Å². The predicted octanol–water partition coefficient (Wildman–Crippen LogP) is 0.932. The highest BCUT2D eigenvalue weighted by atomic mass is 32.2. The van der Waals surface area contributed by atoms with Crippen LogP contribution in [-0.4, -0.2) is 125 Å². The van der Waals surface area contributed by atoms with Crippen LogP contribution in [-0.2, 0) is 43.2 Å². The number of thioether (sulfide) groups is 1. The van der Waals surface area contributed by atoms with E-state index in [0.717, 1.165) is 0 Å². The first kappa shape index (κ1) is 58.5. The van der Waals surface area contributed by atoms with Gasteiger partial charge in [-0.15, -0.1) is 0 Å². The van der Waals surface area contributed by atoms with E-state index in [9.17, 15) is 48.3 Å². The van der Waals surface area contributed by atoms with Crippen LogP contribution in [0.25, 0.3) is 0 Å². The molecule has 20 heteroatoms. The fraction of sp³-hybridized carbons (Fsp3) is 0.791. The summed E-state index contributed by atoms with van der Waals surface area (Å²) in [6, 6.07) is -8.50. The highest BCUT2D eigenvalue weighted by Gasteiger charge is 2.33. The van der Waals surface area contributed by atoms with Crippen molar-refractivity contribution in [3.8, 4) is 0 Å². The average molecular weight is 914 g/mol. The number of nitrogens with two attached hydrogens (primary N) is 1. The van der Waals surface area contributed by atoms with Crippen LogP contribution in [0.4, 0.5) is 0 Å². The van der Waals surface area contributed by atoms with Gasteiger partial charge in [0.05, 0.1) is 12.6 Å². The van der Waals surface area contributed by atoms with Crippen molar-refractivity contribution in [2.75, 3.05) is 18.6 Å². The Labute approximate surface area is 378 Å². The van der Waals surface area contributed by atoms with Gasteiger partial charge in [0.1, 0.15) is 42.3 Å². The van der Waals surface area contributed by atoms with Crippen molar-refractivity contribution in [3.63, 3.8) is 0 Å². The van der Waals surface area contributed by atoms with Gasteiger partial charge in [-0.3, -0.25) is 38.4 Å². The van der Waals surface area contributed by atoms with Gasteiger partial charge in [0.25, 0.3) is 0 Å². The average Bonchev–Trinajstić information content (AvgIpc) is 3.15. The summed E-state index contributed by atoms with van der Waals surface area (Å²) in [6.45, 7) is 21.0. The van der Waals surface area contributed by atoms with Crippen LogP contribution in [0.1, 0.15) is 122 Å². The molecule has 0 aromatic heterocycles. The molecule has 0 aromatic carbocycles. The third-order valence-corrected chi connectivity index (χ3v) is 10.2. The molecule has 0 unspecified atom stereocenters. The summed E-state index contributed by atoms with van der Waals surface area (Å²) >= 11 is 1.42. The third-order valence-electron chi connectivity index (χ3n) is 9.59. The van der Waals surface area contributed by atoms with Crippen molar-refractivity contribution < 1.29 is 48.3 Å². The highest BCUT2D eigenvalue weighted by molar-refractivity contribution is 7.98. The summed E-state index contributed by atoms with van der Waals surface area (Å²) in [5.74, 6) is -5.90. The Kier molecular flexibility index (Phi) is 27.7. The van der Waals surface area contributed by atoms with Crippen LogP contribution < -0.4 is 48.3 Å². The fourth-order valence-corrected chi connectivity index (χ4v) is 6.84. The normalized spacial score (nSPS) is 15.3. The van der Waals surface area contributed by atoms with Crippen molar-refractivity contribution in [3.05, 3.63) is 0 Å². The number of hydrogen-bond acceptors (Lipinski definition) is 11. The number of carbonyl (C=O) groups excluding carboxylic acids is 8. The quantitative estimate of drug-likeness (QED) is 0.0482. The lowest BCUT2D eigenvalue weighted by atomic mass is 9.99. The van der Waals surface area contributed by atoms with Crippen LogP contribution in [0.15, 0.2) is 0 Å². The first-order chi connectivity index (χ1) is 29.2. The zero-order valence-electron chi connectivity index (χ0n) is 39.8. The molecular weight excluding hydrogens is 835 g/mol. The van der Waals surface area contributed by atoms with E-state index in [1.165, 1.54) is 25.6 Å². The van der Waals surface area contributed by atoms with Crippen LogP contribution in [0, 0.1) is 29.6 Å². The second-order valence-electron chi connectivity index (χ2n) is 18.4. The number of aliphatic carboxylic acids is 1. The van der Waals surface area contributed by atoms with Crippen molar-refractivity contribution in [1.82, 2.24) is 42.5 Å². The monoisotopic (exact) mass is 914 g/mol. The minimum Gasteiger partial charge on any atom is -0.480 e. The molecule has 0 aliphatic carbocycles. The first-order valence-corrected chi connectivity index (χ1v) is 23.4. The third kappa shape index (κ3) is 24.8. The molecule has 19 nitrogen and oxygen atoms in total. The summed E-state index contributed by atoms with van der Waals surface area (Å²) in [4.78, 5) is 118. The zero-order chi connectivity index (χ0) is 48.7. The lowest BCUT2D eigenvalue weighted by Gasteiger charge is -2.28. The molecule has 0 aliphatic rings. The molecule has 11 N–H and O–H groups in total. The molecule has 63 heavy (non-hydrogen) atoms. The second-order valence-corrected chi connectivity index (χ2v) is 19.4. The molecule has 0 spiro atoms. The van der Waals surface area contributed by atoms with Gasteiger partial charge in [-0.25, -0.2) is 4.79 Å². The Hall–Kier alpha value is -4.46. The molecule has 0 saturated heterocycles.